The summed E-state index contributed by atoms with van der Waals surface area (Å²) in [5.41, 5.74) is 4.64. The summed E-state index contributed by atoms with van der Waals surface area (Å²) in [4.78, 5) is 26.4. The summed E-state index contributed by atoms with van der Waals surface area (Å²) >= 11 is 0. The molecule has 1 aliphatic heterocycles. The molecule has 2 N–H and O–H groups in total. The minimum absolute atomic E-state index is 0.0968. The van der Waals surface area contributed by atoms with E-state index in [2.05, 4.69) is 28.7 Å². The van der Waals surface area contributed by atoms with Gasteiger partial charge in [-0.25, -0.2) is 4.79 Å². The number of aromatic nitrogens is 2. The molecular formula is C21H27N5O2. The van der Waals surface area contributed by atoms with Gasteiger partial charge in [0.25, 0.3) is 5.91 Å². The zero-order chi connectivity index (χ0) is 19.9. The van der Waals surface area contributed by atoms with Gasteiger partial charge in [-0.15, -0.1) is 0 Å². The van der Waals surface area contributed by atoms with Gasteiger partial charge in [0.05, 0.1) is 5.69 Å². The Morgan fingerprint density at radius 1 is 1.25 bits per heavy atom. The molecule has 0 spiro atoms. The van der Waals surface area contributed by atoms with E-state index in [1.165, 1.54) is 0 Å². The maximum atomic E-state index is 12.7. The zero-order valence-electron chi connectivity index (χ0n) is 16.7. The van der Waals surface area contributed by atoms with Crippen LogP contribution in [-0.4, -0.2) is 41.4 Å². The topological polar surface area (TPSA) is 79.3 Å². The number of rotatable bonds is 6. The molecule has 0 unspecified atom stereocenters. The number of nitrogens with one attached hydrogen (secondary N) is 2. The Kier molecular flexibility index (Phi) is 4.61. The second-order valence-electron chi connectivity index (χ2n) is 8.15. The van der Waals surface area contributed by atoms with E-state index in [1.54, 1.807) is 4.90 Å². The van der Waals surface area contributed by atoms with Crippen molar-refractivity contribution < 1.29 is 9.59 Å². The normalized spacial score (nSPS) is 17.5. The van der Waals surface area contributed by atoms with Gasteiger partial charge < -0.3 is 10.6 Å². The third-order valence-electron chi connectivity index (χ3n) is 5.79. The molecule has 1 aromatic carbocycles. The number of nitrogens with zero attached hydrogens (tertiary/aromatic N) is 3. The molecule has 4 rings (SSSR count). The van der Waals surface area contributed by atoms with Crippen molar-refractivity contribution in [1.82, 2.24) is 20.4 Å². The van der Waals surface area contributed by atoms with Crippen LogP contribution in [0.2, 0.25) is 0 Å². The molecule has 3 amide bonds. The Balaban J connectivity index is 1.43. The van der Waals surface area contributed by atoms with E-state index in [9.17, 15) is 9.59 Å². The van der Waals surface area contributed by atoms with Crippen molar-refractivity contribution in [1.29, 1.82) is 0 Å². The van der Waals surface area contributed by atoms with Crippen LogP contribution in [0.15, 0.2) is 24.3 Å². The molecule has 1 aromatic heterocycles. The van der Waals surface area contributed by atoms with Gasteiger partial charge in [-0.2, -0.15) is 5.10 Å². The minimum Gasteiger partial charge on any atom is -0.351 e. The molecule has 2 aliphatic rings. The molecule has 2 heterocycles. The number of carbonyl (C=O) groups excluding carboxylic acids is 2. The highest BCUT2D eigenvalue weighted by Crippen LogP contribution is 2.46. The summed E-state index contributed by atoms with van der Waals surface area (Å²) in [5.74, 6) is -0.0968. The second-order valence-corrected chi connectivity index (χ2v) is 8.15. The largest absolute Gasteiger partial charge is 0.351 e. The first-order chi connectivity index (χ1) is 13.4. The summed E-state index contributed by atoms with van der Waals surface area (Å²) < 4.78 is 2.05. The molecule has 7 heteroatoms. The molecule has 1 aliphatic carbocycles. The summed E-state index contributed by atoms with van der Waals surface area (Å²) in [5, 5.41) is 10.5. The van der Waals surface area contributed by atoms with Crippen LogP contribution < -0.4 is 15.5 Å². The molecule has 28 heavy (non-hydrogen) atoms. The molecule has 7 nitrogen and oxygen atoms in total. The standard InChI is InChI=1S/C21H27N5O2/c1-14-4-5-17(11-18(14)25-9-8-22-20(25)28)19(27)23-12-21(6-7-21)13-26-16(3)10-15(2)24-26/h4-5,10-11H,6-9,12-13H2,1-3H3,(H,22,28)(H,23,27). The third kappa shape index (κ3) is 3.61. The van der Waals surface area contributed by atoms with Crippen LogP contribution in [0.25, 0.3) is 0 Å². The number of carbonyl (C=O) groups is 2. The summed E-state index contributed by atoms with van der Waals surface area (Å²) in [6.07, 6.45) is 2.19. The van der Waals surface area contributed by atoms with Crippen molar-refractivity contribution >= 4 is 17.6 Å². The number of urea groups is 1. The summed E-state index contributed by atoms with van der Waals surface area (Å²) in [6.45, 7) is 8.74. The zero-order valence-corrected chi connectivity index (χ0v) is 16.7. The Bertz CT molecular complexity index is 929. The van der Waals surface area contributed by atoms with Gasteiger partial charge in [0.1, 0.15) is 0 Å². The molecule has 0 bridgehead atoms. The number of anilines is 1. The highest BCUT2D eigenvalue weighted by atomic mass is 16.2. The lowest BCUT2D eigenvalue weighted by Crippen LogP contribution is -2.33. The summed E-state index contributed by atoms with van der Waals surface area (Å²) in [7, 11) is 0. The van der Waals surface area contributed by atoms with E-state index in [4.69, 9.17) is 0 Å². The van der Waals surface area contributed by atoms with Crippen molar-refractivity contribution in [3.8, 4) is 0 Å². The Morgan fingerprint density at radius 3 is 2.64 bits per heavy atom. The Labute approximate surface area is 165 Å². The molecule has 2 aromatic rings. The molecule has 1 saturated heterocycles. The third-order valence-corrected chi connectivity index (χ3v) is 5.79. The van der Waals surface area contributed by atoms with Gasteiger partial charge in [-0.1, -0.05) is 6.07 Å². The fourth-order valence-corrected chi connectivity index (χ4v) is 3.83. The van der Waals surface area contributed by atoms with E-state index >= 15 is 0 Å². The molecular weight excluding hydrogens is 354 g/mol. The van der Waals surface area contributed by atoms with Crippen LogP contribution >= 0.6 is 0 Å². The van der Waals surface area contributed by atoms with Crippen molar-refractivity contribution in [3.05, 3.63) is 46.8 Å². The first-order valence-corrected chi connectivity index (χ1v) is 9.82. The van der Waals surface area contributed by atoms with E-state index in [1.807, 2.05) is 36.7 Å². The van der Waals surface area contributed by atoms with Crippen LogP contribution in [0.5, 0.6) is 0 Å². The minimum atomic E-state index is -0.109. The Hall–Kier alpha value is -2.83. The monoisotopic (exact) mass is 381 g/mol. The van der Waals surface area contributed by atoms with Crippen LogP contribution in [0.3, 0.4) is 0 Å². The van der Waals surface area contributed by atoms with Crippen LogP contribution in [0.1, 0.15) is 40.2 Å². The van der Waals surface area contributed by atoms with Gasteiger partial charge in [-0.3, -0.25) is 14.4 Å². The molecule has 1 saturated carbocycles. The van der Waals surface area contributed by atoms with Crippen molar-refractivity contribution in [2.45, 2.75) is 40.2 Å². The number of aryl methyl sites for hydroxylation is 3. The maximum absolute atomic E-state index is 12.7. The smallest absolute Gasteiger partial charge is 0.322 e. The quantitative estimate of drug-likeness (QED) is 0.807. The number of hydrogen-bond donors (Lipinski definition) is 2. The SMILES string of the molecule is Cc1cc(C)n(CC2(CNC(=O)c3ccc(C)c(N4CCNC4=O)c3)CC2)n1. The fourth-order valence-electron chi connectivity index (χ4n) is 3.83. The molecule has 148 valence electrons. The molecule has 2 fully saturated rings. The number of amides is 3. The average Bonchev–Trinajstić information content (AvgIpc) is 3.17. The van der Waals surface area contributed by atoms with Gasteiger partial charge in [0.15, 0.2) is 0 Å². The maximum Gasteiger partial charge on any atom is 0.322 e. The van der Waals surface area contributed by atoms with Crippen molar-refractivity contribution in [2.75, 3.05) is 24.5 Å². The van der Waals surface area contributed by atoms with Crippen molar-refractivity contribution in [2.24, 2.45) is 5.41 Å². The molecule has 0 atom stereocenters. The van der Waals surface area contributed by atoms with E-state index < -0.39 is 0 Å². The second kappa shape index (κ2) is 6.96. The lowest BCUT2D eigenvalue weighted by molar-refractivity contribution is 0.0942. The fraction of sp³-hybridized carbons (Fsp3) is 0.476. The Morgan fingerprint density at radius 2 is 2.04 bits per heavy atom. The molecule has 0 radical (unpaired) electrons. The van der Waals surface area contributed by atoms with Crippen LogP contribution in [-0.2, 0) is 6.54 Å². The average molecular weight is 381 g/mol. The van der Waals surface area contributed by atoms with E-state index in [-0.39, 0.29) is 17.4 Å². The van der Waals surface area contributed by atoms with E-state index in [0.29, 0.717) is 25.2 Å². The lowest BCUT2D eigenvalue weighted by atomic mass is 10.1. The van der Waals surface area contributed by atoms with Gasteiger partial charge in [0.2, 0.25) is 0 Å². The predicted molar refractivity (Wildman–Crippen MR) is 108 cm³/mol. The predicted octanol–water partition coefficient (Wildman–Crippen LogP) is 2.55. The highest BCUT2D eigenvalue weighted by molar-refractivity contribution is 5.99. The number of hydrogen-bond acceptors (Lipinski definition) is 3. The van der Waals surface area contributed by atoms with Gasteiger partial charge >= 0.3 is 6.03 Å². The number of benzene rings is 1. The highest BCUT2D eigenvalue weighted by Gasteiger charge is 2.43. The first-order valence-electron chi connectivity index (χ1n) is 9.82. The summed E-state index contributed by atoms with van der Waals surface area (Å²) in [6, 6.07) is 7.51. The van der Waals surface area contributed by atoms with Crippen molar-refractivity contribution in [3.63, 3.8) is 0 Å². The van der Waals surface area contributed by atoms with Crippen LogP contribution in [0, 0.1) is 26.2 Å². The van der Waals surface area contributed by atoms with E-state index in [0.717, 1.165) is 42.0 Å². The lowest BCUT2D eigenvalue weighted by Gasteiger charge is -2.19. The van der Waals surface area contributed by atoms with Gasteiger partial charge in [0, 0.05) is 48.5 Å². The first kappa shape index (κ1) is 18.5. The van der Waals surface area contributed by atoms with Crippen LogP contribution in [0.4, 0.5) is 10.5 Å². The van der Waals surface area contributed by atoms with Gasteiger partial charge in [-0.05, 0) is 57.4 Å².